The molecule has 0 atom stereocenters. The lowest BCUT2D eigenvalue weighted by atomic mass is 9.96. The molecule has 0 aromatic heterocycles. The molecule has 0 bridgehead atoms. The lowest BCUT2D eigenvalue weighted by molar-refractivity contribution is 0.0627. The number of benzene rings is 4. The SMILES string of the molecule is O=C(c1ccc2c(c1)C(=O)N(Cc1ccccc1)C2=O)c1ccc2c(c1)C(=O)N(Cc1ccccc1)C2=O. The van der Waals surface area contributed by atoms with Crippen LogP contribution in [0.3, 0.4) is 0 Å². The molecule has 4 amide bonds. The van der Waals surface area contributed by atoms with Crippen LogP contribution in [0.25, 0.3) is 0 Å². The molecule has 0 radical (unpaired) electrons. The van der Waals surface area contributed by atoms with E-state index >= 15 is 0 Å². The predicted octanol–water partition coefficient (Wildman–Crippen LogP) is 4.51. The molecule has 0 saturated heterocycles. The molecule has 0 N–H and O–H groups in total. The molecule has 4 aromatic rings. The molecule has 6 rings (SSSR count). The predicted molar refractivity (Wildman–Crippen MR) is 138 cm³/mol. The minimum absolute atomic E-state index is 0.136. The van der Waals surface area contributed by atoms with Crippen molar-refractivity contribution in [3.63, 3.8) is 0 Å². The van der Waals surface area contributed by atoms with E-state index in [1.165, 1.54) is 36.4 Å². The fourth-order valence-corrected chi connectivity index (χ4v) is 4.85. The second kappa shape index (κ2) is 9.05. The van der Waals surface area contributed by atoms with E-state index in [0.717, 1.165) is 20.9 Å². The van der Waals surface area contributed by atoms with Gasteiger partial charge in [-0.3, -0.25) is 33.8 Å². The number of hydrogen-bond donors (Lipinski definition) is 0. The maximum absolute atomic E-state index is 13.3. The van der Waals surface area contributed by atoms with Crippen molar-refractivity contribution in [1.82, 2.24) is 9.80 Å². The first-order valence-corrected chi connectivity index (χ1v) is 12.1. The van der Waals surface area contributed by atoms with Gasteiger partial charge in [0.05, 0.1) is 35.3 Å². The van der Waals surface area contributed by atoms with E-state index in [1.807, 2.05) is 60.7 Å². The molecule has 7 nitrogen and oxygen atoms in total. The quantitative estimate of drug-likeness (QED) is 0.287. The standard InChI is InChI=1S/C31H20N2O5/c34-27(21-11-13-23-25(15-21)30(37)32(28(23)35)17-19-7-3-1-4-8-19)22-12-14-24-26(16-22)31(38)33(29(24)36)18-20-9-5-2-6-10-20/h1-16H,17-18H2. The van der Waals surface area contributed by atoms with Gasteiger partial charge in [0.1, 0.15) is 0 Å². The van der Waals surface area contributed by atoms with E-state index in [2.05, 4.69) is 0 Å². The number of nitrogens with zero attached hydrogens (tertiary/aromatic N) is 2. The van der Waals surface area contributed by atoms with Crippen LogP contribution in [0.5, 0.6) is 0 Å². The summed E-state index contributed by atoms with van der Waals surface area (Å²) >= 11 is 0. The van der Waals surface area contributed by atoms with Gasteiger partial charge in [0, 0.05) is 11.1 Å². The molecule has 0 aliphatic carbocycles. The van der Waals surface area contributed by atoms with Crippen LogP contribution in [0.1, 0.15) is 68.5 Å². The first-order chi connectivity index (χ1) is 18.4. The average Bonchev–Trinajstić information content (AvgIpc) is 3.33. The van der Waals surface area contributed by atoms with E-state index in [9.17, 15) is 24.0 Å². The highest BCUT2D eigenvalue weighted by Gasteiger charge is 2.37. The zero-order chi connectivity index (χ0) is 26.4. The van der Waals surface area contributed by atoms with Crippen molar-refractivity contribution in [1.29, 1.82) is 0 Å². The Kier molecular flexibility index (Phi) is 5.53. The summed E-state index contributed by atoms with van der Waals surface area (Å²) in [7, 11) is 0. The fourth-order valence-electron chi connectivity index (χ4n) is 4.85. The summed E-state index contributed by atoms with van der Waals surface area (Å²) in [6, 6.07) is 27.2. The molecule has 0 fully saturated rings. The Labute approximate surface area is 217 Å². The third kappa shape index (κ3) is 3.81. The number of fused-ring (bicyclic) bond motifs is 2. The number of carbonyl (C=O) groups excluding carboxylic acids is 5. The van der Waals surface area contributed by atoms with Gasteiger partial charge < -0.3 is 0 Å². The molecule has 2 heterocycles. The maximum Gasteiger partial charge on any atom is 0.261 e. The second-order valence-electron chi connectivity index (χ2n) is 9.21. The smallest absolute Gasteiger partial charge is 0.261 e. The molecule has 0 unspecified atom stereocenters. The van der Waals surface area contributed by atoms with Crippen molar-refractivity contribution in [3.05, 3.63) is 142 Å². The summed E-state index contributed by atoms with van der Waals surface area (Å²) in [5.74, 6) is -2.16. The van der Waals surface area contributed by atoms with Crippen molar-refractivity contribution < 1.29 is 24.0 Å². The van der Waals surface area contributed by atoms with Crippen molar-refractivity contribution in [2.24, 2.45) is 0 Å². The number of rotatable bonds is 6. The lowest BCUT2D eigenvalue weighted by Gasteiger charge is -2.13. The first-order valence-electron chi connectivity index (χ1n) is 12.1. The minimum Gasteiger partial charge on any atom is -0.289 e. The molecule has 184 valence electrons. The van der Waals surface area contributed by atoms with E-state index in [0.29, 0.717) is 0 Å². The number of ketones is 1. The van der Waals surface area contributed by atoms with Gasteiger partial charge in [-0.05, 0) is 35.4 Å². The van der Waals surface area contributed by atoms with Crippen LogP contribution in [-0.4, -0.2) is 39.2 Å². The van der Waals surface area contributed by atoms with Crippen LogP contribution in [0.15, 0.2) is 97.1 Å². The summed E-state index contributed by atoms with van der Waals surface area (Å²) in [5, 5.41) is 0. The Bertz CT molecular complexity index is 1540. The van der Waals surface area contributed by atoms with Gasteiger partial charge in [-0.1, -0.05) is 72.8 Å². The average molecular weight is 501 g/mol. The number of carbonyl (C=O) groups is 5. The highest BCUT2D eigenvalue weighted by atomic mass is 16.2. The zero-order valence-electron chi connectivity index (χ0n) is 20.1. The van der Waals surface area contributed by atoms with Gasteiger partial charge in [0.15, 0.2) is 5.78 Å². The largest absolute Gasteiger partial charge is 0.289 e. The lowest BCUT2D eigenvalue weighted by Crippen LogP contribution is -2.29. The van der Waals surface area contributed by atoms with Crippen LogP contribution < -0.4 is 0 Å². The van der Waals surface area contributed by atoms with Gasteiger partial charge >= 0.3 is 0 Å². The van der Waals surface area contributed by atoms with E-state index in [4.69, 9.17) is 0 Å². The van der Waals surface area contributed by atoms with Crippen LogP contribution in [0, 0.1) is 0 Å². The minimum atomic E-state index is -0.463. The van der Waals surface area contributed by atoms with E-state index < -0.39 is 29.4 Å². The summed E-state index contributed by atoms with van der Waals surface area (Å²) in [4.78, 5) is 67.5. The molecule has 0 saturated carbocycles. The Morgan fingerprint density at radius 1 is 0.474 bits per heavy atom. The van der Waals surface area contributed by atoms with Crippen molar-refractivity contribution >= 4 is 29.4 Å². The molecule has 2 aliphatic heterocycles. The molecule has 7 heteroatoms. The van der Waals surface area contributed by atoms with Gasteiger partial charge in [-0.15, -0.1) is 0 Å². The summed E-state index contributed by atoms with van der Waals surface area (Å²) < 4.78 is 0. The second-order valence-corrected chi connectivity index (χ2v) is 9.21. The Balaban J connectivity index is 1.26. The van der Waals surface area contributed by atoms with E-state index in [-0.39, 0.29) is 46.5 Å². The topological polar surface area (TPSA) is 91.8 Å². The van der Waals surface area contributed by atoms with Crippen LogP contribution >= 0.6 is 0 Å². The number of imide groups is 2. The molecular weight excluding hydrogens is 480 g/mol. The van der Waals surface area contributed by atoms with E-state index in [1.54, 1.807) is 0 Å². The summed E-state index contributed by atoms with van der Waals surface area (Å²) in [6.07, 6.45) is 0. The third-order valence-corrected chi connectivity index (χ3v) is 6.83. The van der Waals surface area contributed by atoms with Gasteiger partial charge in [0.25, 0.3) is 23.6 Å². The van der Waals surface area contributed by atoms with Gasteiger partial charge in [-0.25, -0.2) is 0 Å². The molecule has 2 aliphatic rings. The molecule has 38 heavy (non-hydrogen) atoms. The summed E-state index contributed by atoms with van der Waals surface area (Å²) in [6.45, 7) is 0.272. The molecule has 4 aromatic carbocycles. The van der Waals surface area contributed by atoms with Crippen molar-refractivity contribution in [2.45, 2.75) is 13.1 Å². The first kappa shape index (κ1) is 23.2. The zero-order valence-corrected chi connectivity index (χ0v) is 20.1. The Morgan fingerprint density at radius 3 is 1.24 bits per heavy atom. The maximum atomic E-state index is 13.3. The Morgan fingerprint density at radius 2 is 0.842 bits per heavy atom. The highest BCUT2D eigenvalue weighted by Crippen LogP contribution is 2.29. The highest BCUT2D eigenvalue weighted by molar-refractivity contribution is 6.24. The Hall–Kier alpha value is -5.17. The van der Waals surface area contributed by atoms with Crippen LogP contribution in [-0.2, 0) is 13.1 Å². The van der Waals surface area contributed by atoms with Crippen LogP contribution in [0.4, 0.5) is 0 Å². The summed E-state index contributed by atoms with van der Waals surface area (Å²) in [5.41, 5.74) is 2.88. The van der Waals surface area contributed by atoms with Crippen molar-refractivity contribution in [2.75, 3.05) is 0 Å². The van der Waals surface area contributed by atoms with Crippen LogP contribution in [0.2, 0.25) is 0 Å². The molecular formula is C31H20N2O5. The third-order valence-electron chi connectivity index (χ3n) is 6.83. The van der Waals surface area contributed by atoms with Crippen molar-refractivity contribution in [3.8, 4) is 0 Å². The molecule has 0 spiro atoms. The fraction of sp³-hybridized carbons (Fsp3) is 0.0645. The monoisotopic (exact) mass is 500 g/mol. The number of amides is 4. The number of hydrogen-bond acceptors (Lipinski definition) is 5. The van der Waals surface area contributed by atoms with Gasteiger partial charge in [0.2, 0.25) is 0 Å². The van der Waals surface area contributed by atoms with Gasteiger partial charge in [-0.2, -0.15) is 0 Å². The normalized spacial score (nSPS) is 14.2.